The first-order valence-corrected chi connectivity index (χ1v) is 10.8. The number of rotatable bonds is 2. The second kappa shape index (κ2) is 5.35. The summed E-state index contributed by atoms with van der Waals surface area (Å²) in [6.45, 7) is 2.80. The van der Waals surface area contributed by atoms with Crippen molar-refractivity contribution in [2.75, 3.05) is 38.8 Å². The lowest BCUT2D eigenvalue weighted by molar-refractivity contribution is -0.132. The van der Waals surface area contributed by atoms with E-state index in [0.717, 1.165) is 30.9 Å². The van der Waals surface area contributed by atoms with E-state index in [-0.39, 0.29) is 23.5 Å². The Hall–Kier alpha value is -2.05. The van der Waals surface area contributed by atoms with Crippen molar-refractivity contribution in [1.82, 2.24) is 4.90 Å². The molecule has 1 spiro atoms. The van der Waals surface area contributed by atoms with Crippen LogP contribution in [0, 0.1) is 11.8 Å². The van der Waals surface area contributed by atoms with Gasteiger partial charge in [0.05, 0.1) is 45.1 Å². The molecule has 6 aliphatic rings. The molecule has 6 nitrogen and oxygen atoms in total. The lowest BCUT2D eigenvalue weighted by Crippen LogP contribution is -2.69. The molecule has 2 bridgehead atoms. The molecule has 1 saturated carbocycles. The number of hydrogen-bond donors (Lipinski definition) is 0. The molecule has 152 valence electrons. The van der Waals surface area contributed by atoms with E-state index in [4.69, 9.17) is 14.2 Å². The number of ether oxygens (including phenoxy) is 3. The van der Waals surface area contributed by atoms with Gasteiger partial charge in [-0.1, -0.05) is 11.6 Å². The topological polar surface area (TPSA) is 51.2 Å². The van der Waals surface area contributed by atoms with Gasteiger partial charge in [-0.05, 0) is 36.9 Å². The normalized spacial score (nSPS) is 41.0. The number of benzene rings is 1. The molecular formula is C23H26N2O4. The minimum absolute atomic E-state index is 0.0242. The number of carbonyl (C=O) groups is 1. The van der Waals surface area contributed by atoms with Gasteiger partial charge in [0, 0.05) is 30.0 Å². The zero-order valence-corrected chi connectivity index (χ0v) is 16.9. The summed E-state index contributed by atoms with van der Waals surface area (Å²) in [5.74, 6) is 2.57. The predicted molar refractivity (Wildman–Crippen MR) is 107 cm³/mol. The van der Waals surface area contributed by atoms with Crippen molar-refractivity contribution in [3.63, 3.8) is 0 Å². The fraction of sp³-hybridized carbons (Fsp3) is 0.609. The average molecular weight is 394 g/mol. The molecular weight excluding hydrogens is 368 g/mol. The van der Waals surface area contributed by atoms with Gasteiger partial charge in [0.1, 0.15) is 0 Å². The summed E-state index contributed by atoms with van der Waals surface area (Å²) < 4.78 is 17.6. The van der Waals surface area contributed by atoms with Crippen LogP contribution in [-0.2, 0) is 14.9 Å². The van der Waals surface area contributed by atoms with Gasteiger partial charge >= 0.3 is 0 Å². The third kappa shape index (κ3) is 1.76. The number of methoxy groups -OCH3 is 2. The summed E-state index contributed by atoms with van der Waals surface area (Å²) in [6, 6.07) is 4.87. The summed E-state index contributed by atoms with van der Waals surface area (Å²) >= 11 is 0. The Morgan fingerprint density at radius 3 is 2.86 bits per heavy atom. The van der Waals surface area contributed by atoms with Crippen LogP contribution < -0.4 is 14.4 Å². The molecule has 4 fully saturated rings. The highest BCUT2D eigenvalue weighted by molar-refractivity contribution is 5.99. The van der Waals surface area contributed by atoms with E-state index >= 15 is 0 Å². The van der Waals surface area contributed by atoms with Gasteiger partial charge < -0.3 is 19.1 Å². The molecule has 0 aromatic heterocycles. The zero-order valence-electron chi connectivity index (χ0n) is 16.9. The van der Waals surface area contributed by atoms with Crippen LogP contribution >= 0.6 is 0 Å². The molecule has 0 N–H and O–H groups in total. The maximum absolute atomic E-state index is 13.5. The first-order chi connectivity index (χ1) is 14.2. The molecule has 0 radical (unpaired) electrons. The van der Waals surface area contributed by atoms with Crippen molar-refractivity contribution in [2.45, 2.75) is 42.9 Å². The molecule has 1 amide bonds. The number of fused-ring (bicyclic) bond motifs is 2. The monoisotopic (exact) mass is 394 g/mol. The summed E-state index contributed by atoms with van der Waals surface area (Å²) in [7, 11) is 3.36. The van der Waals surface area contributed by atoms with E-state index in [9.17, 15) is 4.79 Å². The largest absolute Gasteiger partial charge is 0.493 e. The van der Waals surface area contributed by atoms with Gasteiger partial charge in [0.15, 0.2) is 11.5 Å². The molecule has 5 aliphatic heterocycles. The standard InChI is InChI=1S/C23H26N2O4/c1-27-16-8-14-15(9-17(16)28-2)25-20(26)10-18-21-13-7-19-23(14,22(21)25)4-5-24(19)11-12(13)3-6-29-18/h3,8-9,13,18-19,21-22H,4-7,10-11H2,1-2H3/t13-,18-,19-,21-,22?,23+/m0/s1. The second-order valence-electron chi connectivity index (χ2n) is 9.48. The fourth-order valence-corrected chi connectivity index (χ4v) is 7.87. The number of anilines is 1. The fourth-order valence-electron chi connectivity index (χ4n) is 7.87. The minimum Gasteiger partial charge on any atom is -0.493 e. The SMILES string of the molecule is COc1cc2c(cc1OC)[C@@]13CCN4CC5=CCO[C@H]6CC(=O)N2C1[C@H]6[C@H]5C[C@H]43. The smallest absolute Gasteiger partial charge is 0.229 e. The Labute approximate surface area is 170 Å². The van der Waals surface area contributed by atoms with Crippen LogP contribution in [-0.4, -0.2) is 62.9 Å². The molecule has 1 aromatic carbocycles. The van der Waals surface area contributed by atoms with Crippen LogP contribution in [0.3, 0.4) is 0 Å². The Kier molecular flexibility index (Phi) is 3.08. The van der Waals surface area contributed by atoms with Crippen LogP contribution in [0.15, 0.2) is 23.8 Å². The van der Waals surface area contributed by atoms with E-state index in [1.807, 2.05) is 6.07 Å². The number of carbonyl (C=O) groups excluding carboxylic acids is 1. The Morgan fingerprint density at radius 1 is 1.21 bits per heavy atom. The third-order valence-corrected chi connectivity index (χ3v) is 8.81. The highest BCUT2D eigenvalue weighted by Crippen LogP contribution is 2.66. The first-order valence-electron chi connectivity index (χ1n) is 10.8. The van der Waals surface area contributed by atoms with E-state index in [2.05, 4.69) is 21.9 Å². The van der Waals surface area contributed by atoms with E-state index in [1.165, 1.54) is 12.0 Å². The molecule has 1 unspecified atom stereocenters. The van der Waals surface area contributed by atoms with Crippen LogP contribution in [0.25, 0.3) is 0 Å². The maximum atomic E-state index is 13.5. The van der Waals surface area contributed by atoms with Crippen molar-refractivity contribution in [2.24, 2.45) is 11.8 Å². The average Bonchev–Trinajstić information content (AvgIpc) is 3.20. The predicted octanol–water partition coefficient (Wildman–Crippen LogP) is 2.11. The Balaban J connectivity index is 1.52. The van der Waals surface area contributed by atoms with Crippen molar-refractivity contribution in [1.29, 1.82) is 0 Å². The number of nitrogens with zero attached hydrogens (tertiary/aromatic N) is 2. The van der Waals surface area contributed by atoms with Crippen molar-refractivity contribution < 1.29 is 19.0 Å². The molecule has 1 aliphatic carbocycles. The highest BCUT2D eigenvalue weighted by Gasteiger charge is 2.71. The third-order valence-electron chi connectivity index (χ3n) is 8.81. The van der Waals surface area contributed by atoms with Crippen molar-refractivity contribution in [3.8, 4) is 11.5 Å². The van der Waals surface area contributed by atoms with Gasteiger partial charge in [0.2, 0.25) is 5.91 Å². The lowest BCUT2D eigenvalue weighted by atomic mass is 9.53. The Bertz CT molecular complexity index is 974. The van der Waals surface area contributed by atoms with Crippen LogP contribution in [0.4, 0.5) is 5.69 Å². The van der Waals surface area contributed by atoms with Crippen LogP contribution in [0.2, 0.25) is 0 Å². The van der Waals surface area contributed by atoms with Gasteiger partial charge in [-0.3, -0.25) is 9.69 Å². The van der Waals surface area contributed by atoms with Gasteiger partial charge in [0.25, 0.3) is 0 Å². The maximum Gasteiger partial charge on any atom is 0.229 e. The van der Waals surface area contributed by atoms with Crippen molar-refractivity contribution >= 4 is 11.6 Å². The van der Waals surface area contributed by atoms with E-state index < -0.39 is 0 Å². The summed E-state index contributed by atoms with van der Waals surface area (Å²) in [5, 5.41) is 0. The molecule has 6 heteroatoms. The molecule has 7 rings (SSSR count). The van der Waals surface area contributed by atoms with Gasteiger partial charge in [-0.2, -0.15) is 0 Å². The Morgan fingerprint density at radius 2 is 2.03 bits per heavy atom. The van der Waals surface area contributed by atoms with E-state index in [0.29, 0.717) is 36.7 Å². The van der Waals surface area contributed by atoms with Crippen LogP contribution in [0.5, 0.6) is 11.5 Å². The number of piperidine rings is 2. The van der Waals surface area contributed by atoms with Gasteiger partial charge in [-0.15, -0.1) is 0 Å². The van der Waals surface area contributed by atoms with Gasteiger partial charge in [-0.25, -0.2) is 0 Å². The molecule has 1 aromatic rings. The zero-order chi connectivity index (χ0) is 19.5. The molecule has 5 heterocycles. The summed E-state index contributed by atoms with van der Waals surface area (Å²) in [5.41, 5.74) is 3.85. The van der Waals surface area contributed by atoms with E-state index in [1.54, 1.807) is 19.8 Å². The molecule has 6 atom stereocenters. The van der Waals surface area contributed by atoms with Crippen LogP contribution in [0.1, 0.15) is 24.8 Å². The van der Waals surface area contributed by atoms with Crippen molar-refractivity contribution in [3.05, 3.63) is 29.3 Å². The second-order valence-corrected chi connectivity index (χ2v) is 9.48. The number of amides is 1. The molecule has 29 heavy (non-hydrogen) atoms. The molecule has 3 saturated heterocycles. The minimum atomic E-state index is -0.0242. The first kappa shape index (κ1) is 16.7. The summed E-state index contributed by atoms with van der Waals surface area (Å²) in [4.78, 5) is 18.3. The lowest BCUT2D eigenvalue weighted by Gasteiger charge is -2.58. The number of hydrogen-bond acceptors (Lipinski definition) is 5. The quantitative estimate of drug-likeness (QED) is 0.719. The highest BCUT2D eigenvalue weighted by atomic mass is 16.5. The summed E-state index contributed by atoms with van der Waals surface area (Å²) in [6.07, 6.45) is 5.11.